The van der Waals surface area contributed by atoms with Crippen LogP contribution < -0.4 is 5.73 Å². The van der Waals surface area contributed by atoms with Crippen LogP contribution in [0.2, 0.25) is 0 Å². The Morgan fingerprint density at radius 1 is 1.47 bits per heavy atom. The second-order valence-electron chi connectivity index (χ2n) is 4.30. The molecule has 6 heteroatoms. The molecule has 0 spiro atoms. The maximum Gasteiger partial charge on any atom is 0.411 e. The Bertz CT molecular complexity index is 275. The van der Waals surface area contributed by atoms with Crippen molar-refractivity contribution >= 4 is 23.8 Å². The lowest BCUT2D eigenvalue weighted by molar-refractivity contribution is -0.120. The Labute approximate surface area is 93.3 Å². The van der Waals surface area contributed by atoms with Crippen molar-refractivity contribution in [2.75, 3.05) is 12.3 Å². The second kappa shape index (κ2) is 4.30. The zero-order valence-electron chi connectivity index (χ0n) is 9.15. The molecule has 1 unspecified atom stereocenters. The molecule has 1 saturated heterocycles. The molecule has 1 heterocycles. The van der Waals surface area contributed by atoms with Gasteiger partial charge in [0.05, 0.1) is 0 Å². The number of amides is 2. The topological polar surface area (TPSA) is 72.6 Å². The third kappa shape index (κ3) is 3.30. The molecule has 0 aliphatic carbocycles. The maximum absolute atomic E-state index is 11.7. The number of nitrogens with two attached hydrogens (primary N) is 1. The molecule has 86 valence electrons. The molecule has 0 bridgehead atoms. The first kappa shape index (κ1) is 12.2. The van der Waals surface area contributed by atoms with Crippen molar-refractivity contribution in [1.82, 2.24) is 4.90 Å². The number of carbonyl (C=O) groups excluding carboxylic acids is 2. The largest absolute Gasteiger partial charge is 0.444 e. The molecular weight excluding hydrogens is 216 g/mol. The van der Waals surface area contributed by atoms with Gasteiger partial charge in [0.25, 0.3) is 5.91 Å². The smallest absolute Gasteiger partial charge is 0.411 e. The Kier molecular flexibility index (Phi) is 3.49. The molecule has 1 fully saturated rings. The van der Waals surface area contributed by atoms with Gasteiger partial charge in [-0.2, -0.15) is 0 Å². The van der Waals surface area contributed by atoms with Gasteiger partial charge in [0, 0.05) is 12.3 Å². The van der Waals surface area contributed by atoms with Gasteiger partial charge < -0.3 is 10.5 Å². The minimum atomic E-state index is -0.583. The van der Waals surface area contributed by atoms with Gasteiger partial charge in [-0.25, -0.2) is 4.79 Å². The highest BCUT2D eigenvalue weighted by atomic mass is 32.2. The summed E-state index contributed by atoms with van der Waals surface area (Å²) in [7, 11) is 0. The van der Waals surface area contributed by atoms with Gasteiger partial charge >= 0.3 is 6.09 Å². The number of hydrogen-bond donors (Lipinski definition) is 1. The average Bonchev–Trinajstić information content (AvgIpc) is 2.47. The lowest BCUT2D eigenvalue weighted by atomic mass is 10.2. The van der Waals surface area contributed by atoms with Crippen LogP contribution in [0.3, 0.4) is 0 Å². The van der Waals surface area contributed by atoms with E-state index in [1.165, 1.54) is 16.7 Å². The third-order valence-electron chi connectivity index (χ3n) is 1.76. The normalized spacial score (nSPS) is 21.5. The predicted octanol–water partition coefficient (Wildman–Crippen LogP) is 0.782. The van der Waals surface area contributed by atoms with E-state index in [-0.39, 0.29) is 0 Å². The molecule has 2 amide bonds. The van der Waals surface area contributed by atoms with Crippen LogP contribution in [0.25, 0.3) is 0 Å². The summed E-state index contributed by atoms with van der Waals surface area (Å²) >= 11 is 1.36. The summed E-state index contributed by atoms with van der Waals surface area (Å²) in [6.07, 6.45) is -0.476. The van der Waals surface area contributed by atoms with E-state index < -0.39 is 23.0 Å². The number of thioether (sulfide) groups is 1. The molecule has 0 aromatic rings. The van der Waals surface area contributed by atoms with Crippen LogP contribution in [-0.2, 0) is 9.53 Å². The zero-order chi connectivity index (χ0) is 11.6. The number of hydrogen-bond acceptors (Lipinski definition) is 4. The van der Waals surface area contributed by atoms with Gasteiger partial charge in [-0.1, -0.05) is 0 Å². The number of carbonyl (C=O) groups is 2. The Balaban J connectivity index is 2.63. The highest BCUT2D eigenvalue weighted by Crippen LogP contribution is 2.25. The van der Waals surface area contributed by atoms with Gasteiger partial charge in [-0.15, -0.1) is 11.8 Å². The van der Waals surface area contributed by atoms with Crippen LogP contribution >= 0.6 is 11.8 Å². The minimum Gasteiger partial charge on any atom is -0.444 e. The van der Waals surface area contributed by atoms with E-state index in [1.807, 2.05) is 0 Å². The highest BCUT2D eigenvalue weighted by molar-refractivity contribution is 8.00. The molecule has 0 saturated carbocycles. The summed E-state index contributed by atoms with van der Waals surface area (Å²) in [5.41, 5.74) is 4.63. The molecule has 0 radical (unpaired) electrons. The van der Waals surface area contributed by atoms with E-state index in [1.54, 1.807) is 20.8 Å². The second-order valence-corrected chi connectivity index (χ2v) is 5.49. The first-order chi connectivity index (χ1) is 6.81. The SMILES string of the molecule is CC(C)(C)OC(=O)N1CCSC1C(N)=O. The molecule has 2 N–H and O–H groups in total. The summed E-state index contributed by atoms with van der Waals surface area (Å²) in [4.78, 5) is 24.1. The van der Waals surface area contributed by atoms with Crippen LogP contribution in [0.4, 0.5) is 4.79 Å². The molecule has 5 nitrogen and oxygen atoms in total. The van der Waals surface area contributed by atoms with Crippen LogP contribution in [-0.4, -0.2) is 40.2 Å². The fourth-order valence-electron chi connectivity index (χ4n) is 1.21. The van der Waals surface area contributed by atoms with E-state index in [4.69, 9.17) is 10.5 Å². The van der Waals surface area contributed by atoms with Gasteiger partial charge in [-0.3, -0.25) is 9.69 Å². The molecule has 15 heavy (non-hydrogen) atoms. The van der Waals surface area contributed by atoms with Crippen molar-refractivity contribution in [1.29, 1.82) is 0 Å². The van der Waals surface area contributed by atoms with Crippen molar-refractivity contribution in [3.05, 3.63) is 0 Å². The summed E-state index contributed by atoms with van der Waals surface area (Å²) in [6.45, 7) is 5.86. The van der Waals surface area contributed by atoms with E-state index in [2.05, 4.69) is 0 Å². The quantitative estimate of drug-likeness (QED) is 0.725. The van der Waals surface area contributed by atoms with Crippen molar-refractivity contribution in [2.24, 2.45) is 5.73 Å². The molecular formula is C9H16N2O3S. The van der Waals surface area contributed by atoms with E-state index >= 15 is 0 Å². The van der Waals surface area contributed by atoms with Crippen LogP contribution in [0.5, 0.6) is 0 Å². The number of ether oxygens (including phenoxy) is 1. The van der Waals surface area contributed by atoms with Crippen LogP contribution in [0.1, 0.15) is 20.8 Å². The van der Waals surface area contributed by atoms with E-state index in [9.17, 15) is 9.59 Å². The fraction of sp³-hybridized carbons (Fsp3) is 0.778. The minimum absolute atomic E-state index is 0.476. The number of primary amides is 1. The van der Waals surface area contributed by atoms with Crippen molar-refractivity contribution in [3.8, 4) is 0 Å². The molecule has 1 aliphatic rings. The third-order valence-corrected chi connectivity index (χ3v) is 2.98. The number of rotatable bonds is 1. The zero-order valence-corrected chi connectivity index (χ0v) is 9.97. The van der Waals surface area contributed by atoms with Gasteiger partial charge in [0.2, 0.25) is 0 Å². The maximum atomic E-state index is 11.7. The molecule has 1 atom stereocenters. The summed E-state index contributed by atoms with van der Waals surface area (Å²) in [6, 6.07) is 0. The number of nitrogens with zero attached hydrogens (tertiary/aromatic N) is 1. The van der Waals surface area contributed by atoms with E-state index in [0.717, 1.165) is 0 Å². The standard InChI is InChI=1S/C9H16N2O3S/c1-9(2,3)14-8(13)11-4-5-15-7(11)6(10)12/h7H,4-5H2,1-3H3,(H2,10,12). The van der Waals surface area contributed by atoms with Gasteiger partial charge in [0.1, 0.15) is 5.60 Å². The molecule has 1 rings (SSSR count). The van der Waals surface area contributed by atoms with Gasteiger partial charge in [-0.05, 0) is 20.8 Å². The summed E-state index contributed by atoms with van der Waals surface area (Å²) in [5, 5.41) is -0.583. The monoisotopic (exact) mass is 232 g/mol. The lowest BCUT2D eigenvalue weighted by Crippen LogP contribution is -2.44. The van der Waals surface area contributed by atoms with Crippen LogP contribution in [0, 0.1) is 0 Å². The molecule has 1 aliphatic heterocycles. The molecule has 0 aromatic carbocycles. The van der Waals surface area contributed by atoms with Crippen molar-refractivity contribution in [2.45, 2.75) is 31.7 Å². The first-order valence-corrected chi connectivity index (χ1v) is 5.77. The highest BCUT2D eigenvalue weighted by Gasteiger charge is 2.35. The lowest BCUT2D eigenvalue weighted by Gasteiger charge is -2.26. The predicted molar refractivity (Wildman–Crippen MR) is 58.4 cm³/mol. The molecule has 0 aromatic heterocycles. The Morgan fingerprint density at radius 2 is 2.07 bits per heavy atom. The van der Waals surface area contributed by atoms with E-state index in [0.29, 0.717) is 12.3 Å². The average molecular weight is 232 g/mol. The van der Waals surface area contributed by atoms with Crippen LogP contribution in [0.15, 0.2) is 0 Å². The fourth-order valence-corrected chi connectivity index (χ4v) is 2.27. The van der Waals surface area contributed by atoms with Crippen molar-refractivity contribution < 1.29 is 14.3 Å². The Hall–Kier alpha value is -0.910. The van der Waals surface area contributed by atoms with Crippen molar-refractivity contribution in [3.63, 3.8) is 0 Å². The first-order valence-electron chi connectivity index (χ1n) is 4.72. The summed E-state index contributed by atoms with van der Waals surface area (Å²) in [5.74, 6) is 0.218. The van der Waals surface area contributed by atoms with Gasteiger partial charge in [0.15, 0.2) is 5.37 Å². The Morgan fingerprint density at radius 3 is 2.53 bits per heavy atom. The summed E-state index contributed by atoms with van der Waals surface area (Å²) < 4.78 is 5.17.